The molecule has 0 bridgehead atoms. The van der Waals surface area contributed by atoms with E-state index in [1.807, 2.05) is 37.1 Å². The van der Waals surface area contributed by atoms with Gasteiger partial charge in [-0.15, -0.1) is 0 Å². The maximum Gasteiger partial charge on any atom is 0.128 e. The Morgan fingerprint density at radius 2 is 2.00 bits per heavy atom. The summed E-state index contributed by atoms with van der Waals surface area (Å²) in [7, 11) is 1.86. The second-order valence-corrected chi connectivity index (χ2v) is 4.98. The van der Waals surface area contributed by atoms with E-state index in [0.717, 1.165) is 11.3 Å². The van der Waals surface area contributed by atoms with Gasteiger partial charge in [-0.3, -0.25) is 0 Å². The lowest BCUT2D eigenvalue weighted by molar-refractivity contribution is 0.585. The smallest absolute Gasteiger partial charge is 0.128 e. The molecule has 0 saturated carbocycles. The molecule has 0 heterocycles. The summed E-state index contributed by atoms with van der Waals surface area (Å²) in [4.78, 5) is 1.90. The molecule has 21 heavy (non-hydrogen) atoms. The molecular formula is C17H18FN3. The number of nitriles is 1. The number of benzene rings is 2. The van der Waals surface area contributed by atoms with Gasteiger partial charge in [0.15, 0.2) is 0 Å². The molecule has 0 radical (unpaired) electrons. The van der Waals surface area contributed by atoms with Gasteiger partial charge in [0.2, 0.25) is 0 Å². The number of nitrogens with two attached hydrogens (primary N) is 1. The van der Waals surface area contributed by atoms with Gasteiger partial charge < -0.3 is 10.6 Å². The van der Waals surface area contributed by atoms with E-state index < -0.39 is 0 Å². The summed E-state index contributed by atoms with van der Waals surface area (Å²) < 4.78 is 13.9. The first kappa shape index (κ1) is 15.0. The van der Waals surface area contributed by atoms with Crippen molar-refractivity contribution < 1.29 is 4.39 Å². The van der Waals surface area contributed by atoms with Crippen LogP contribution in [0.5, 0.6) is 0 Å². The van der Waals surface area contributed by atoms with Crippen LogP contribution >= 0.6 is 0 Å². The number of hydrogen-bond donors (Lipinski definition) is 1. The monoisotopic (exact) mass is 283 g/mol. The normalized spacial score (nSPS) is 11.8. The molecule has 0 aromatic heterocycles. The van der Waals surface area contributed by atoms with Gasteiger partial charge in [0, 0.05) is 19.2 Å². The second kappa shape index (κ2) is 6.38. The van der Waals surface area contributed by atoms with E-state index in [9.17, 15) is 9.65 Å². The third-order valence-corrected chi connectivity index (χ3v) is 3.73. The molecule has 0 fully saturated rings. The first-order valence-electron chi connectivity index (χ1n) is 6.78. The molecule has 0 saturated heterocycles. The average Bonchev–Trinajstić information content (AvgIpc) is 2.53. The first-order chi connectivity index (χ1) is 10.1. The average molecular weight is 283 g/mol. The third kappa shape index (κ3) is 3.04. The highest BCUT2D eigenvalue weighted by Crippen LogP contribution is 2.29. The minimum atomic E-state index is -0.242. The molecule has 1 atom stereocenters. The summed E-state index contributed by atoms with van der Waals surface area (Å²) in [6.45, 7) is 2.30. The molecule has 3 nitrogen and oxygen atoms in total. The zero-order valence-corrected chi connectivity index (χ0v) is 12.2. The molecule has 2 aromatic rings. The Morgan fingerprint density at radius 3 is 2.62 bits per heavy atom. The van der Waals surface area contributed by atoms with Gasteiger partial charge in [-0.2, -0.15) is 5.26 Å². The molecule has 0 aliphatic heterocycles. The minimum absolute atomic E-state index is 0.179. The van der Waals surface area contributed by atoms with Crippen LogP contribution in [0.2, 0.25) is 0 Å². The van der Waals surface area contributed by atoms with E-state index >= 15 is 0 Å². The van der Waals surface area contributed by atoms with Crippen molar-refractivity contribution in [3.8, 4) is 6.07 Å². The Balaban J connectivity index is 2.38. The molecule has 0 spiro atoms. The van der Waals surface area contributed by atoms with Crippen molar-refractivity contribution in [1.82, 2.24) is 0 Å². The Bertz CT molecular complexity index is 676. The summed E-state index contributed by atoms with van der Waals surface area (Å²) in [6.07, 6.45) is 0. The minimum Gasteiger partial charge on any atom is -0.367 e. The van der Waals surface area contributed by atoms with Crippen LogP contribution in [-0.4, -0.2) is 7.05 Å². The molecule has 1 unspecified atom stereocenters. The lowest BCUT2D eigenvalue weighted by atomic mass is 10.0. The van der Waals surface area contributed by atoms with Gasteiger partial charge in [-0.25, -0.2) is 4.39 Å². The number of nitrogens with zero attached hydrogens (tertiary/aromatic N) is 2. The van der Waals surface area contributed by atoms with Crippen LogP contribution in [-0.2, 0) is 6.54 Å². The predicted molar refractivity (Wildman–Crippen MR) is 82.3 cm³/mol. The Hall–Kier alpha value is -2.38. The maximum atomic E-state index is 13.9. The second-order valence-electron chi connectivity index (χ2n) is 4.98. The van der Waals surface area contributed by atoms with Gasteiger partial charge in [-0.1, -0.05) is 24.3 Å². The standard InChI is InChI=1S/C17H18FN3/c1-12(15-5-3-4-6-16(15)18)21(2)17-8-7-13(10-19)9-14(17)11-20/h3-9,12H,10,19H2,1-2H3. The molecular weight excluding hydrogens is 265 g/mol. The van der Waals surface area contributed by atoms with E-state index in [2.05, 4.69) is 6.07 Å². The Labute approximate surface area is 124 Å². The Morgan fingerprint density at radius 1 is 1.29 bits per heavy atom. The summed E-state index contributed by atoms with van der Waals surface area (Å²) in [5.74, 6) is -0.242. The van der Waals surface area contributed by atoms with E-state index in [-0.39, 0.29) is 11.9 Å². The zero-order chi connectivity index (χ0) is 15.4. The fourth-order valence-electron chi connectivity index (χ4n) is 2.34. The third-order valence-electron chi connectivity index (χ3n) is 3.73. The van der Waals surface area contributed by atoms with Crippen LogP contribution < -0.4 is 10.6 Å². The van der Waals surface area contributed by atoms with Gasteiger partial charge >= 0.3 is 0 Å². The topological polar surface area (TPSA) is 53.0 Å². The summed E-state index contributed by atoms with van der Waals surface area (Å²) >= 11 is 0. The van der Waals surface area contributed by atoms with E-state index in [1.165, 1.54) is 6.07 Å². The van der Waals surface area contributed by atoms with Crippen molar-refractivity contribution in [2.45, 2.75) is 19.5 Å². The predicted octanol–water partition coefficient (Wildman–Crippen LogP) is 3.35. The molecule has 2 aromatic carbocycles. The molecule has 2 rings (SSSR count). The van der Waals surface area contributed by atoms with Crippen molar-refractivity contribution in [1.29, 1.82) is 5.26 Å². The molecule has 0 amide bonds. The fourth-order valence-corrected chi connectivity index (χ4v) is 2.34. The molecule has 4 heteroatoms. The number of hydrogen-bond acceptors (Lipinski definition) is 3. The number of rotatable bonds is 4. The van der Waals surface area contributed by atoms with Crippen molar-refractivity contribution in [3.05, 3.63) is 65.0 Å². The SMILES string of the molecule is CC(c1ccccc1F)N(C)c1ccc(CN)cc1C#N. The van der Waals surface area contributed by atoms with Crippen molar-refractivity contribution in [3.63, 3.8) is 0 Å². The molecule has 0 aliphatic carbocycles. The Kier molecular flexibility index (Phi) is 4.56. The fraction of sp³-hybridized carbons (Fsp3) is 0.235. The summed E-state index contributed by atoms with van der Waals surface area (Å²) in [5.41, 5.74) is 8.42. The molecule has 108 valence electrons. The van der Waals surface area contributed by atoms with Gasteiger partial charge in [0.05, 0.1) is 17.3 Å². The first-order valence-corrected chi connectivity index (χ1v) is 6.78. The van der Waals surface area contributed by atoms with Crippen molar-refractivity contribution in [2.24, 2.45) is 5.73 Å². The maximum absolute atomic E-state index is 13.9. The lowest BCUT2D eigenvalue weighted by Crippen LogP contribution is -2.23. The summed E-state index contributed by atoms with van der Waals surface area (Å²) in [5, 5.41) is 9.30. The lowest BCUT2D eigenvalue weighted by Gasteiger charge is -2.28. The van der Waals surface area contributed by atoms with Crippen LogP contribution in [0.15, 0.2) is 42.5 Å². The van der Waals surface area contributed by atoms with Crippen LogP contribution in [0.1, 0.15) is 29.7 Å². The largest absolute Gasteiger partial charge is 0.367 e. The highest BCUT2D eigenvalue weighted by atomic mass is 19.1. The van der Waals surface area contributed by atoms with Crippen molar-refractivity contribution >= 4 is 5.69 Å². The highest BCUT2D eigenvalue weighted by molar-refractivity contribution is 5.61. The van der Waals surface area contributed by atoms with E-state index in [0.29, 0.717) is 17.7 Å². The molecule has 2 N–H and O–H groups in total. The number of halogens is 1. The van der Waals surface area contributed by atoms with Crippen molar-refractivity contribution in [2.75, 3.05) is 11.9 Å². The van der Waals surface area contributed by atoms with Crippen LogP contribution in [0, 0.1) is 17.1 Å². The van der Waals surface area contributed by atoms with Gasteiger partial charge in [0.25, 0.3) is 0 Å². The van der Waals surface area contributed by atoms with Gasteiger partial charge in [0.1, 0.15) is 11.9 Å². The number of anilines is 1. The highest BCUT2D eigenvalue weighted by Gasteiger charge is 2.18. The zero-order valence-electron chi connectivity index (χ0n) is 12.2. The quantitative estimate of drug-likeness (QED) is 0.936. The van der Waals surface area contributed by atoms with E-state index in [4.69, 9.17) is 5.73 Å². The molecule has 0 aliphatic rings. The van der Waals surface area contributed by atoms with E-state index in [1.54, 1.807) is 18.2 Å². The van der Waals surface area contributed by atoms with Crippen LogP contribution in [0.4, 0.5) is 10.1 Å². The van der Waals surface area contributed by atoms with Crippen LogP contribution in [0.3, 0.4) is 0 Å². The van der Waals surface area contributed by atoms with Crippen LogP contribution in [0.25, 0.3) is 0 Å². The summed E-state index contributed by atoms with van der Waals surface area (Å²) in [6, 6.07) is 14.2. The van der Waals surface area contributed by atoms with Gasteiger partial charge in [-0.05, 0) is 30.7 Å².